The van der Waals surface area contributed by atoms with E-state index in [1.54, 1.807) is 18.2 Å². The van der Waals surface area contributed by atoms with Crippen molar-refractivity contribution in [2.24, 2.45) is 0 Å². The highest BCUT2D eigenvalue weighted by molar-refractivity contribution is 6.19. The summed E-state index contributed by atoms with van der Waals surface area (Å²) in [7, 11) is 1.50. The van der Waals surface area contributed by atoms with Crippen molar-refractivity contribution in [3.63, 3.8) is 0 Å². The lowest BCUT2D eigenvalue weighted by atomic mass is 10.0. The number of furan rings is 1. The molecular formula is C26H17N3O3. The van der Waals surface area contributed by atoms with Gasteiger partial charge in [-0.1, -0.05) is 48.5 Å². The van der Waals surface area contributed by atoms with E-state index < -0.39 is 0 Å². The minimum Gasteiger partial charge on any atom is -0.507 e. The number of fused-ring (bicyclic) bond motifs is 5. The molecule has 0 radical (unpaired) electrons. The fourth-order valence-electron chi connectivity index (χ4n) is 4.05. The van der Waals surface area contributed by atoms with Crippen LogP contribution in [0, 0.1) is 0 Å². The zero-order valence-corrected chi connectivity index (χ0v) is 17.1. The zero-order valence-electron chi connectivity index (χ0n) is 17.1. The van der Waals surface area contributed by atoms with Gasteiger partial charge in [0.15, 0.2) is 11.6 Å². The molecule has 0 aliphatic heterocycles. The molecule has 1 N–H and O–H groups in total. The Balaban J connectivity index is 1.55. The maximum Gasteiger partial charge on any atom is 0.320 e. The van der Waals surface area contributed by atoms with Gasteiger partial charge in [-0.3, -0.25) is 0 Å². The molecule has 0 aliphatic carbocycles. The number of benzene rings is 4. The predicted octanol–water partition coefficient (Wildman–Crippen LogP) is 5.97. The Morgan fingerprint density at radius 1 is 0.750 bits per heavy atom. The Morgan fingerprint density at radius 2 is 1.56 bits per heavy atom. The molecule has 0 fully saturated rings. The molecule has 4 aromatic carbocycles. The Hall–Kier alpha value is -4.45. The summed E-state index contributed by atoms with van der Waals surface area (Å²) < 4.78 is 11.5. The summed E-state index contributed by atoms with van der Waals surface area (Å²) in [6, 6.07) is 25.3. The monoisotopic (exact) mass is 419 g/mol. The fourth-order valence-corrected chi connectivity index (χ4v) is 4.05. The first-order chi connectivity index (χ1) is 15.7. The van der Waals surface area contributed by atoms with Crippen LogP contribution in [0.5, 0.6) is 11.8 Å². The number of aromatic nitrogens is 3. The molecule has 0 spiro atoms. The van der Waals surface area contributed by atoms with Gasteiger partial charge in [-0.25, -0.2) is 4.98 Å². The number of aromatic hydroxyl groups is 1. The van der Waals surface area contributed by atoms with Crippen molar-refractivity contribution >= 4 is 32.7 Å². The molecule has 6 nitrogen and oxygen atoms in total. The van der Waals surface area contributed by atoms with Crippen LogP contribution in [0.2, 0.25) is 0 Å². The van der Waals surface area contributed by atoms with Gasteiger partial charge in [0.05, 0.1) is 12.7 Å². The van der Waals surface area contributed by atoms with Gasteiger partial charge in [0, 0.05) is 16.3 Å². The lowest BCUT2D eigenvalue weighted by molar-refractivity contribution is 0.379. The summed E-state index contributed by atoms with van der Waals surface area (Å²) in [6.45, 7) is 0. The topological polar surface area (TPSA) is 81.3 Å². The number of phenols is 1. The molecule has 0 aliphatic rings. The number of hydrogen-bond donors (Lipinski definition) is 1. The van der Waals surface area contributed by atoms with Gasteiger partial charge < -0.3 is 14.3 Å². The highest BCUT2D eigenvalue weighted by Gasteiger charge is 2.16. The van der Waals surface area contributed by atoms with Crippen LogP contribution in [0.4, 0.5) is 0 Å². The van der Waals surface area contributed by atoms with E-state index in [1.807, 2.05) is 42.5 Å². The number of nitrogens with zero attached hydrogens (tertiary/aromatic N) is 3. The summed E-state index contributed by atoms with van der Waals surface area (Å²) in [5.41, 5.74) is 2.85. The van der Waals surface area contributed by atoms with Crippen molar-refractivity contribution in [3.05, 3.63) is 78.9 Å². The minimum atomic E-state index is 0.0892. The Morgan fingerprint density at radius 3 is 2.44 bits per heavy atom. The van der Waals surface area contributed by atoms with Crippen LogP contribution < -0.4 is 4.74 Å². The van der Waals surface area contributed by atoms with Gasteiger partial charge in [0.25, 0.3) is 0 Å². The van der Waals surface area contributed by atoms with Crippen LogP contribution in [0.15, 0.2) is 83.3 Å². The van der Waals surface area contributed by atoms with Crippen molar-refractivity contribution in [2.75, 3.05) is 7.11 Å². The van der Waals surface area contributed by atoms with Crippen molar-refractivity contribution in [3.8, 4) is 34.5 Å². The number of para-hydroxylation sites is 1. The lowest BCUT2D eigenvalue weighted by Crippen LogP contribution is -2.00. The molecule has 0 saturated carbocycles. The molecule has 0 atom stereocenters. The molecule has 6 aromatic rings. The quantitative estimate of drug-likeness (QED) is 0.380. The molecule has 154 valence electrons. The Bertz CT molecular complexity index is 1640. The standard InChI is InChI=1S/C26H17N3O3/c1-31-26-28-24(27-25(29-26)18-8-4-5-9-20(18)30)16-10-12-19-22(14-16)32-21-13-11-15-6-2-3-7-17(15)23(19)21/h2-14,30H,1H3. The van der Waals surface area contributed by atoms with Gasteiger partial charge in [0.1, 0.15) is 16.9 Å². The van der Waals surface area contributed by atoms with E-state index >= 15 is 0 Å². The normalized spacial score (nSPS) is 11.4. The molecule has 0 bridgehead atoms. The van der Waals surface area contributed by atoms with Crippen molar-refractivity contribution in [2.45, 2.75) is 0 Å². The van der Waals surface area contributed by atoms with E-state index in [-0.39, 0.29) is 11.8 Å². The van der Waals surface area contributed by atoms with E-state index in [0.717, 1.165) is 32.9 Å². The van der Waals surface area contributed by atoms with E-state index in [2.05, 4.69) is 33.2 Å². The molecule has 0 unspecified atom stereocenters. The van der Waals surface area contributed by atoms with E-state index in [4.69, 9.17) is 9.15 Å². The average molecular weight is 419 g/mol. The largest absolute Gasteiger partial charge is 0.507 e. The van der Waals surface area contributed by atoms with Crippen LogP contribution in [0.1, 0.15) is 0 Å². The first-order valence-electron chi connectivity index (χ1n) is 10.1. The number of phenolic OH excluding ortho intramolecular Hbond substituents is 1. The van der Waals surface area contributed by atoms with Crippen molar-refractivity contribution < 1.29 is 14.3 Å². The van der Waals surface area contributed by atoms with Crippen LogP contribution in [-0.2, 0) is 0 Å². The molecular weight excluding hydrogens is 402 g/mol. The van der Waals surface area contributed by atoms with Gasteiger partial charge >= 0.3 is 6.01 Å². The van der Waals surface area contributed by atoms with Crippen LogP contribution in [0.25, 0.3) is 55.5 Å². The third kappa shape index (κ3) is 2.85. The number of rotatable bonds is 3. The minimum absolute atomic E-state index is 0.0892. The summed E-state index contributed by atoms with van der Waals surface area (Å²) in [4.78, 5) is 13.3. The smallest absolute Gasteiger partial charge is 0.320 e. The van der Waals surface area contributed by atoms with Gasteiger partial charge in [-0.2, -0.15) is 9.97 Å². The maximum atomic E-state index is 10.2. The molecule has 0 saturated heterocycles. The second kappa shape index (κ2) is 7.06. The summed E-state index contributed by atoms with van der Waals surface area (Å²) in [6.07, 6.45) is 0. The van der Waals surface area contributed by atoms with Crippen molar-refractivity contribution in [1.29, 1.82) is 0 Å². The predicted molar refractivity (Wildman–Crippen MR) is 124 cm³/mol. The van der Waals surface area contributed by atoms with Crippen LogP contribution in [0.3, 0.4) is 0 Å². The molecule has 32 heavy (non-hydrogen) atoms. The molecule has 6 rings (SSSR count). The van der Waals surface area contributed by atoms with Gasteiger partial charge in [-0.05, 0) is 41.1 Å². The summed E-state index contributed by atoms with van der Waals surface area (Å²) >= 11 is 0. The summed E-state index contributed by atoms with van der Waals surface area (Å²) in [5.74, 6) is 0.856. The molecule has 0 amide bonds. The van der Waals surface area contributed by atoms with E-state index in [9.17, 15) is 5.11 Å². The third-order valence-corrected chi connectivity index (χ3v) is 5.56. The second-order valence-corrected chi connectivity index (χ2v) is 7.46. The molecule has 2 aromatic heterocycles. The highest BCUT2D eigenvalue weighted by atomic mass is 16.5. The van der Waals surface area contributed by atoms with E-state index in [0.29, 0.717) is 17.2 Å². The van der Waals surface area contributed by atoms with Crippen molar-refractivity contribution in [1.82, 2.24) is 15.0 Å². The first kappa shape index (κ1) is 18.3. The third-order valence-electron chi connectivity index (χ3n) is 5.56. The van der Waals surface area contributed by atoms with Crippen LogP contribution >= 0.6 is 0 Å². The van der Waals surface area contributed by atoms with Crippen LogP contribution in [-0.4, -0.2) is 27.2 Å². The molecule has 2 heterocycles. The highest BCUT2D eigenvalue weighted by Crippen LogP contribution is 2.36. The molecule has 6 heteroatoms. The van der Waals surface area contributed by atoms with Gasteiger partial charge in [-0.15, -0.1) is 0 Å². The van der Waals surface area contributed by atoms with Gasteiger partial charge in [0.2, 0.25) is 0 Å². The fraction of sp³-hybridized carbons (Fsp3) is 0.0385. The second-order valence-electron chi connectivity index (χ2n) is 7.46. The van der Waals surface area contributed by atoms with E-state index in [1.165, 1.54) is 12.5 Å². The first-order valence-corrected chi connectivity index (χ1v) is 10.1. The summed E-state index contributed by atoms with van der Waals surface area (Å²) in [5, 5.41) is 14.7. The zero-order chi connectivity index (χ0) is 21.7. The number of ether oxygens (including phenoxy) is 1. The average Bonchev–Trinajstić information content (AvgIpc) is 3.22. The Kier molecular flexibility index (Phi) is 4.04. The SMILES string of the molecule is COc1nc(-c2ccc3c(c2)oc2ccc4ccccc4c23)nc(-c2ccccc2O)n1. The number of hydrogen-bond acceptors (Lipinski definition) is 6. The maximum absolute atomic E-state index is 10.2. The number of methoxy groups -OCH3 is 1. The lowest BCUT2D eigenvalue weighted by Gasteiger charge is -2.08. The Labute approximate surface area is 182 Å².